The second-order valence-corrected chi connectivity index (χ2v) is 11.2. The van der Waals surface area contributed by atoms with Gasteiger partial charge >= 0.3 is 24.1 Å². The molecule has 0 aromatic heterocycles. The number of aliphatic carboxylic acids is 3. The van der Waals surface area contributed by atoms with Crippen molar-refractivity contribution >= 4 is 29.6 Å². The van der Waals surface area contributed by atoms with E-state index in [1.54, 1.807) is 0 Å². The molecule has 0 aliphatic rings. The lowest BCUT2D eigenvalue weighted by atomic mass is 9.82. The van der Waals surface area contributed by atoms with Gasteiger partial charge in [-0.1, -0.05) is 69.7 Å². The Morgan fingerprint density at radius 3 is 1.89 bits per heavy atom. The highest BCUT2D eigenvalue weighted by Crippen LogP contribution is 2.29. The normalized spacial score (nSPS) is 14.4. The van der Waals surface area contributed by atoms with Gasteiger partial charge in [-0.05, 0) is 43.4 Å². The summed E-state index contributed by atoms with van der Waals surface area (Å²) in [5.74, 6) is -8.39. The van der Waals surface area contributed by atoms with E-state index >= 15 is 0 Å². The number of hydrogen-bond acceptors (Lipinski definition) is 6. The minimum atomic E-state index is -4.61. The molecule has 1 rings (SSSR count). The Morgan fingerprint density at radius 2 is 1.40 bits per heavy atom. The number of aliphatic hydroxyl groups is 1. The number of nitrogens with one attached hydrogen (secondary N) is 1. The Kier molecular flexibility index (Phi) is 17.1. The number of carboxylic acids is 3. The molecule has 0 radical (unpaired) electrons. The van der Waals surface area contributed by atoms with E-state index in [9.17, 15) is 57.6 Å². The number of allylic oxidation sites excluding steroid dienone is 1. The average molecular weight is 644 g/mol. The number of benzene rings is 1. The van der Waals surface area contributed by atoms with Crippen molar-refractivity contribution in [3.63, 3.8) is 0 Å². The Hall–Kier alpha value is -3.74. The maximum Gasteiger partial charge on any atom is 0.416 e. The SMILES string of the molecule is CCCCCCCC(=O)CCCCCC/C=C/[C@H](C(=O)N[C@@H](Cc1ccc(C(F)(F)F)cc1)C(=O)O)C(O)(CC(=O)O)C(=O)O. The molecule has 13 heteroatoms. The van der Waals surface area contributed by atoms with Crippen LogP contribution in [0.15, 0.2) is 36.4 Å². The van der Waals surface area contributed by atoms with Gasteiger partial charge in [-0.15, -0.1) is 0 Å². The molecule has 0 bridgehead atoms. The maximum absolute atomic E-state index is 13.1. The first-order chi connectivity index (χ1) is 21.1. The van der Waals surface area contributed by atoms with Gasteiger partial charge in [0, 0.05) is 19.3 Å². The van der Waals surface area contributed by atoms with E-state index in [1.165, 1.54) is 6.08 Å². The van der Waals surface area contributed by atoms with Crippen molar-refractivity contribution < 1.29 is 57.6 Å². The molecule has 5 N–H and O–H groups in total. The number of hydrogen-bond donors (Lipinski definition) is 5. The second kappa shape index (κ2) is 19.6. The van der Waals surface area contributed by atoms with Crippen LogP contribution in [0.3, 0.4) is 0 Å². The van der Waals surface area contributed by atoms with Crippen LogP contribution < -0.4 is 5.32 Å². The van der Waals surface area contributed by atoms with Gasteiger partial charge in [-0.25, -0.2) is 9.59 Å². The minimum Gasteiger partial charge on any atom is -0.481 e. The molecule has 1 amide bonds. The first-order valence-corrected chi connectivity index (χ1v) is 15.2. The number of Topliss-reactive ketones (excluding diaryl/α,β-unsaturated/α-hetero) is 1. The molecule has 3 atom stereocenters. The van der Waals surface area contributed by atoms with Crippen LogP contribution >= 0.6 is 0 Å². The number of amides is 1. The Morgan fingerprint density at radius 1 is 0.844 bits per heavy atom. The van der Waals surface area contributed by atoms with Crippen molar-refractivity contribution in [2.75, 3.05) is 0 Å². The standard InChI is InChI=1S/C32H44F3NO9/c1-2-3-4-7-10-13-24(37)14-11-8-5-6-9-12-15-25(31(45,30(43)44)21-27(38)39)28(40)36-26(29(41)42)20-22-16-18-23(19-17-22)32(33,34)35/h12,15-19,25-26,45H,2-11,13-14,20-21H2,1H3,(H,36,40)(H,38,39)(H,41,42)(H,43,44)/b15-12+/t25-,26+,31?/m1/s1. The fourth-order valence-corrected chi connectivity index (χ4v) is 4.76. The highest BCUT2D eigenvalue weighted by molar-refractivity contribution is 5.94. The van der Waals surface area contributed by atoms with E-state index in [2.05, 4.69) is 12.2 Å². The molecule has 45 heavy (non-hydrogen) atoms. The zero-order valence-corrected chi connectivity index (χ0v) is 25.5. The summed E-state index contributed by atoms with van der Waals surface area (Å²) in [4.78, 5) is 60.3. The maximum atomic E-state index is 13.1. The van der Waals surface area contributed by atoms with E-state index in [0.29, 0.717) is 25.7 Å². The third-order valence-electron chi connectivity index (χ3n) is 7.39. The first kappa shape index (κ1) is 39.3. The molecule has 10 nitrogen and oxygen atoms in total. The van der Waals surface area contributed by atoms with E-state index < -0.39 is 66.0 Å². The molecule has 1 aromatic carbocycles. The summed E-state index contributed by atoms with van der Waals surface area (Å²) in [5.41, 5.74) is -3.97. The molecule has 1 aromatic rings. The Balaban J connectivity index is 2.85. The summed E-state index contributed by atoms with van der Waals surface area (Å²) in [7, 11) is 0. The molecule has 0 spiro atoms. The molecule has 0 aliphatic heterocycles. The van der Waals surface area contributed by atoms with Gasteiger partial charge in [-0.2, -0.15) is 13.2 Å². The van der Waals surface area contributed by atoms with Crippen LogP contribution in [0, 0.1) is 5.92 Å². The molecule has 0 aliphatic carbocycles. The Bertz CT molecular complexity index is 1150. The Labute approximate surface area is 260 Å². The predicted octanol–water partition coefficient (Wildman–Crippen LogP) is 5.55. The highest BCUT2D eigenvalue weighted by Gasteiger charge is 2.49. The second-order valence-electron chi connectivity index (χ2n) is 11.2. The van der Waals surface area contributed by atoms with Gasteiger partial charge in [0.25, 0.3) is 0 Å². The van der Waals surface area contributed by atoms with Gasteiger partial charge in [0.2, 0.25) is 5.91 Å². The van der Waals surface area contributed by atoms with Crippen LogP contribution in [0.2, 0.25) is 0 Å². The summed E-state index contributed by atoms with van der Waals surface area (Å²) in [5, 5.41) is 41.4. The molecular weight excluding hydrogens is 599 g/mol. The van der Waals surface area contributed by atoms with Crippen LogP contribution in [0.1, 0.15) is 102 Å². The molecule has 0 saturated carbocycles. The van der Waals surface area contributed by atoms with Crippen LogP contribution in [0.5, 0.6) is 0 Å². The number of carbonyl (C=O) groups excluding carboxylic acids is 2. The summed E-state index contributed by atoms with van der Waals surface area (Å²) < 4.78 is 38.6. The summed E-state index contributed by atoms with van der Waals surface area (Å²) >= 11 is 0. The zero-order valence-electron chi connectivity index (χ0n) is 25.5. The number of carboxylic acid groups (broad SMARTS) is 3. The van der Waals surface area contributed by atoms with E-state index in [1.807, 2.05) is 0 Å². The fraction of sp³-hybridized carbons (Fsp3) is 0.594. The van der Waals surface area contributed by atoms with Gasteiger partial charge in [0.05, 0.1) is 17.9 Å². The largest absolute Gasteiger partial charge is 0.481 e. The van der Waals surface area contributed by atoms with Crippen molar-refractivity contribution in [1.82, 2.24) is 5.32 Å². The summed E-state index contributed by atoms with van der Waals surface area (Å²) in [6.45, 7) is 2.13. The quantitative estimate of drug-likeness (QED) is 0.0755. The number of alkyl halides is 3. The van der Waals surface area contributed by atoms with Crippen molar-refractivity contribution in [2.45, 2.75) is 115 Å². The number of carbonyl (C=O) groups is 5. The third-order valence-corrected chi connectivity index (χ3v) is 7.39. The molecule has 0 heterocycles. The topological polar surface area (TPSA) is 178 Å². The van der Waals surface area contributed by atoms with Crippen LogP contribution in [-0.2, 0) is 36.6 Å². The number of rotatable bonds is 23. The fourth-order valence-electron chi connectivity index (χ4n) is 4.76. The summed E-state index contributed by atoms with van der Waals surface area (Å²) in [6.07, 6.45) is 5.52. The average Bonchev–Trinajstić information content (AvgIpc) is 2.95. The molecule has 252 valence electrons. The number of unbranched alkanes of at least 4 members (excludes halogenated alkanes) is 8. The van der Waals surface area contributed by atoms with Crippen LogP contribution in [0.25, 0.3) is 0 Å². The first-order valence-electron chi connectivity index (χ1n) is 15.2. The van der Waals surface area contributed by atoms with Crippen molar-refractivity contribution in [3.05, 3.63) is 47.5 Å². The van der Waals surface area contributed by atoms with E-state index in [0.717, 1.165) is 81.7 Å². The zero-order chi connectivity index (χ0) is 34.0. The predicted molar refractivity (Wildman–Crippen MR) is 158 cm³/mol. The van der Waals surface area contributed by atoms with Crippen molar-refractivity contribution in [1.29, 1.82) is 0 Å². The van der Waals surface area contributed by atoms with Crippen LogP contribution in [-0.4, -0.2) is 61.7 Å². The van der Waals surface area contributed by atoms with Gasteiger partial charge in [-0.3, -0.25) is 14.4 Å². The molecular formula is C32H44F3NO9. The monoisotopic (exact) mass is 643 g/mol. The van der Waals surface area contributed by atoms with Crippen molar-refractivity contribution in [3.8, 4) is 0 Å². The van der Waals surface area contributed by atoms with Crippen LogP contribution in [0.4, 0.5) is 13.2 Å². The van der Waals surface area contributed by atoms with Gasteiger partial charge in [0.15, 0.2) is 5.60 Å². The smallest absolute Gasteiger partial charge is 0.416 e. The third kappa shape index (κ3) is 14.7. The van der Waals surface area contributed by atoms with Gasteiger partial charge < -0.3 is 25.7 Å². The lowest BCUT2D eigenvalue weighted by molar-refractivity contribution is -0.172. The van der Waals surface area contributed by atoms with E-state index in [4.69, 9.17) is 0 Å². The summed E-state index contributed by atoms with van der Waals surface area (Å²) in [6, 6.07) is 1.82. The van der Waals surface area contributed by atoms with E-state index in [-0.39, 0.29) is 11.3 Å². The minimum absolute atomic E-state index is 0.121. The lowest BCUT2D eigenvalue weighted by Crippen LogP contribution is -2.55. The van der Waals surface area contributed by atoms with Gasteiger partial charge in [0.1, 0.15) is 11.8 Å². The number of halogens is 3. The van der Waals surface area contributed by atoms with Crippen molar-refractivity contribution in [2.24, 2.45) is 5.92 Å². The highest BCUT2D eigenvalue weighted by atomic mass is 19.4. The molecule has 1 unspecified atom stereocenters. The molecule has 0 saturated heterocycles. The molecule has 0 fully saturated rings. The lowest BCUT2D eigenvalue weighted by Gasteiger charge is -2.29. The number of ketones is 1.